The maximum atomic E-state index is 16.1. The monoisotopic (exact) mass is 848 g/mol. The van der Waals surface area contributed by atoms with Crippen LogP contribution in [-0.4, -0.2) is 95.1 Å². The van der Waals surface area contributed by atoms with Gasteiger partial charge in [-0.25, -0.2) is 19.2 Å². The number of carbonyl (C=O) groups is 3. The third kappa shape index (κ3) is 8.24. The summed E-state index contributed by atoms with van der Waals surface area (Å²) < 4.78 is 60.5. The molecule has 324 valence electrons. The minimum atomic E-state index is -4.78. The van der Waals surface area contributed by atoms with Gasteiger partial charge in [0.25, 0.3) is 5.91 Å². The summed E-state index contributed by atoms with van der Waals surface area (Å²) in [5.41, 5.74) is 0.162. The maximum Gasteiger partial charge on any atom is 0.434 e. The molecular weight excluding hydrogens is 801 g/mol. The van der Waals surface area contributed by atoms with Crippen molar-refractivity contribution < 1.29 is 37.1 Å². The summed E-state index contributed by atoms with van der Waals surface area (Å²) in [4.78, 5) is 66.9. The van der Waals surface area contributed by atoms with E-state index in [0.29, 0.717) is 47.3 Å². The van der Waals surface area contributed by atoms with Gasteiger partial charge in [-0.05, 0) is 83.5 Å². The number of pyridine rings is 1. The highest BCUT2D eigenvalue weighted by Crippen LogP contribution is 2.38. The van der Waals surface area contributed by atoms with Gasteiger partial charge in [0.2, 0.25) is 11.8 Å². The molecule has 8 rings (SSSR count). The van der Waals surface area contributed by atoms with Gasteiger partial charge in [0, 0.05) is 56.5 Å². The van der Waals surface area contributed by atoms with Crippen LogP contribution in [0.3, 0.4) is 0 Å². The van der Waals surface area contributed by atoms with Crippen LogP contribution in [0.1, 0.15) is 98.2 Å². The Morgan fingerprint density at radius 2 is 1.79 bits per heavy atom. The zero-order chi connectivity index (χ0) is 43.5. The number of nitrogens with zero attached hydrogens (tertiary/aromatic N) is 8. The molecule has 4 aromatic heterocycles. The average molecular weight is 849 g/mol. The minimum Gasteiger partial charge on any atom is -0.386 e. The number of aromatic nitrogens is 6. The van der Waals surface area contributed by atoms with Crippen LogP contribution in [0.5, 0.6) is 0 Å². The number of imide groups is 1. The molecular formula is C42H48F4N10O5. The Hall–Kier alpha value is -5.69. The summed E-state index contributed by atoms with van der Waals surface area (Å²) in [5.74, 6) is -1.29. The third-order valence-electron chi connectivity index (χ3n) is 12.5. The second-order valence-electron chi connectivity index (χ2n) is 17.1. The van der Waals surface area contributed by atoms with Crippen LogP contribution in [0.2, 0.25) is 0 Å². The van der Waals surface area contributed by atoms with Crippen molar-refractivity contribution in [3.8, 4) is 0 Å². The number of hydrogen-bond acceptors (Lipinski definition) is 10. The summed E-state index contributed by atoms with van der Waals surface area (Å²) >= 11 is 0. The van der Waals surface area contributed by atoms with Gasteiger partial charge >= 0.3 is 11.9 Å². The van der Waals surface area contributed by atoms with E-state index in [9.17, 15) is 37.5 Å². The van der Waals surface area contributed by atoms with E-state index in [1.807, 2.05) is 24.2 Å². The van der Waals surface area contributed by atoms with E-state index in [-0.39, 0.29) is 48.6 Å². The lowest BCUT2D eigenvalue weighted by molar-refractivity contribution is -0.141. The van der Waals surface area contributed by atoms with Gasteiger partial charge in [-0.2, -0.15) is 13.2 Å². The Kier molecular flexibility index (Phi) is 11.0. The molecule has 0 spiro atoms. The zero-order valence-electron chi connectivity index (χ0n) is 34.2. The first-order valence-electron chi connectivity index (χ1n) is 20.5. The molecule has 2 aliphatic heterocycles. The second kappa shape index (κ2) is 16.0. The number of para-hydroxylation sites is 1. The molecule has 3 fully saturated rings. The number of nitrogens with one attached hydrogen (secondary N) is 2. The summed E-state index contributed by atoms with van der Waals surface area (Å²) in [6, 6.07) is 6.01. The molecule has 1 saturated carbocycles. The fraction of sp³-hybridized carbons (Fsp3) is 0.500. The van der Waals surface area contributed by atoms with Crippen LogP contribution in [0.4, 0.5) is 28.9 Å². The summed E-state index contributed by atoms with van der Waals surface area (Å²) in [6.45, 7) is 4.52. The van der Waals surface area contributed by atoms with Gasteiger partial charge in [-0.1, -0.05) is 6.07 Å². The number of carbonyl (C=O) groups excluding carboxylic acids is 3. The highest BCUT2D eigenvalue weighted by Gasteiger charge is 2.37. The smallest absolute Gasteiger partial charge is 0.386 e. The highest BCUT2D eigenvalue weighted by atomic mass is 19.4. The molecule has 3 N–H and O–H groups in total. The van der Waals surface area contributed by atoms with Gasteiger partial charge < -0.3 is 24.6 Å². The lowest BCUT2D eigenvalue weighted by Gasteiger charge is -2.42. The van der Waals surface area contributed by atoms with Crippen molar-refractivity contribution in [2.45, 2.75) is 94.7 Å². The lowest BCUT2D eigenvalue weighted by atomic mass is 9.80. The van der Waals surface area contributed by atoms with Gasteiger partial charge in [0.15, 0.2) is 5.69 Å². The molecule has 5 aromatic rings. The van der Waals surface area contributed by atoms with E-state index in [0.717, 1.165) is 49.8 Å². The van der Waals surface area contributed by atoms with Crippen molar-refractivity contribution in [1.82, 2.24) is 38.7 Å². The number of imidazole rings is 2. The van der Waals surface area contributed by atoms with E-state index in [2.05, 4.69) is 25.5 Å². The molecule has 3 aliphatic rings. The molecule has 3 atom stereocenters. The minimum absolute atomic E-state index is 0.140. The molecule has 1 unspecified atom stereocenters. The molecule has 1 aliphatic carbocycles. The van der Waals surface area contributed by atoms with Crippen LogP contribution in [0.15, 0.2) is 53.8 Å². The van der Waals surface area contributed by atoms with Crippen LogP contribution in [0, 0.1) is 5.92 Å². The average Bonchev–Trinajstić information content (AvgIpc) is 3.74. The van der Waals surface area contributed by atoms with E-state index >= 15 is 4.39 Å². The predicted molar refractivity (Wildman–Crippen MR) is 217 cm³/mol. The summed E-state index contributed by atoms with van der Waals surface area (Å²) in [7, 11) is 3.62. The number of anilines is 2. The number of alkyl halides is 4. The molecule has 19 heteroatoms. The van der Waals surface area contributed by atoms with Gasteiger partial charge in [0.1, 0.15) is 23.6 Å². The number of fused-ring (bicyclic) bond motifs is 2. The Bertz CT molecular complexity index is 2570. The number of amides is 3. The molecule has 15 nitrogen and oxygen atoms in total. The van der Waals surface area contributed by atoms with Gasteiger partial charge in [-0.3, -0.25) is 33.8 Å². The molecule has 61 heavy (non-hydrogen) atoms. The number of hydrogen-bond donors (Lipinski definition) is 3. The second-order valence-corrected chi connectivity index (χ2v) is 17.1. The van der Waals surface area contributed by atoms with Crippen LogP contribution in [-0.2, 0) is 28.4 Å². The maximum absolute atomic E-state index is 16.1. The topological polar surface area (TPSA) is 172 Å². The number of halogens is 4. The molecule has 1 aromatic carbocycles. The van der Waals surface area contributed by atoms with Crippen molar-refractivity contribution in [2.75, 3.05) is 36.9 Å². The lowest BCUT2D eigenvalue weighted by Crippen LogP contribution is -2.52. The first kappa shape index (κ1) is 42.0. The van der Waals surface area contributed by atoms with Crippen molar-refractivity contribution >= 4 is 45.8 Å². The van der Waals surface area contributed by atoms with Crippen molar-refractivity contribution in [2.24, 2.45) is 13.0 Å². The van der Waals surface area contributed by atoms with E-state index in [4.69, 9.17) is 4.98 Å². The molecule has 2 saturated heterocycles. The SMILES string of the molecule is CN(CC1CCC(c2cn3cc(NC(=O)c4cncc(C(F)(F)F)n4)c(C(C)(C)O)cc3n2)CC1)[C@H]1CCN(c2cccc3c2n(C)c(=O)n3C2CCC(=O)NC2=O)C[C@@H]1F. The van der Waals surface area contributed by atoms with Crippen LogP contribution in [0.25, 0.3) is 16.7 Å². The molecule has 0 bridgehead atoms. The van der Waals surface area contributed by atoms with E-state index < -0.39 is 47.2 Å². The Labute approximate surface area is 347 Å². The Balaban J connectivity index is 0.900. The van der Waals surface area contributed by atoms with Crippen molar-refractivity contribution in [3.63, 3.8) is 0 Å². The number of aryl methyl sites for hydroxylation is 1. The first-order chi connectivity index (χ1) is 28.9. The molecule has 0 radical (unpaired) electrons. The number of benzene rings is 1. The Morgan fingerprint density at radius 3 is 2.48 bits per heavy atom. The van der Waals surface area contributed by atoms with Crippen molar-refractivity contribution in [1.29, 1.82) is 0 Å². The quantitative estimate of drug-likeness (QED) is 0.134. The molecule has 6 heterocycles. The number of aliphatic hydroxyl groups is 1. The largest absolute Gasteiger partial charge is 0.434 e. The normalized spacial score (nSPS) is 22.9. The number of rotatable bonds is 9. The fourth-order valence-electron chi connectivity index (χ4n) is 9.35. The standard InChI is InChI=1S/C42H48F4N10O5/c1-41(2,61)25-16-35-49-28(21-55(35)22-29(25)50-38(58)27-17-47-18-34(48-27)42(44,45)46)24-10-8-23(9-11-24)19-52(3)30-14-15-54(20-26(30)43)31-6-5-7-32-37(31)53(4)40(60)56(32)33-12-13-36(57)51-39(33)59/h5-7,16-18,21-24,26,30,33,61H,8-15,19-20H2,1-4H3,(H,50,58)(H,51,57,59)/t23?,24?,26-,30-,33?/m0/s1. The number of piperidine rings is 2. The van der Waals surface area contributed by atoms with Crippen molar-refractivity contribution in [3.05, 3.63) is 82.2 Å². The van der Waals surface area contributed by atoms with Crippen LogP contribution >= 0.6 is 0 Å². The highest BCUT2D eigenvalue weighted by molar-refractivity contribution is 6.03. The summed E-state index contributed by atoms with van der Waals surface area (Å²) in [5, 5.41) is 15.9. The van der Waals surface area contributed by atoms with Crippen LogP contribution < -0.4 is 21.2 Å². The van der Waals surface area contributed by atoms with Gasteiger partial charge in [0.05, 0.1) is 52.6 Å². The van der Waals surface area contributed by atoms with Gasteiger partial charge in [-0.15, -0.1) is 0 Å². The Morgan fingerprint density at radius 1 is 1.03 bits per heavy atom. The third-order valence-corrected chi connectivity index (χ3v) is 12.5. The summed E-state index contributed by atoms with van der Waals surface area (Å²) in [6.07, 6.45) is 3.48. The van der Waals surface area contributed by atoms with E-state index in [1.54, 1.807) is 35.8 Å². The fourth-order valence-corrected chi connectivity index (χ4v) is 9.35. The molecule has 3 amide bonds. The predicted octanol–water partition coefficient (Wildman–Crippen LogP) is 5.08. The zero-order valence-corrected chi connectivity index (χ0v) is 34.2. The first-order valence-corrected chi connectivity index (χ1v) is 20.5. The van der Waals surface area contributed by atoms with E-state index in [1.165, 1.54) is 23.0 Å².